The monoisotopic (exact) mass is 228 g/mol. The van der Waals surface area contributed by atoms with Crippen LogP contribution in [0.25, 0.3) is 0 Å². The Morgan fingerprint density at radius 2 is 2.00 bits per heavy atom. The van der Waals surface area contributed by atoms with Gasteiger partial charge in [0.1, 0.15) is 0 Å². The van der Waals surface area contributed by atoms with E-state index in [1.807, 2.05) is 0 Å². The zero-order valence-corrected chi connectivity index (χ0v) is 10.4. The number of morpholine rings is 1. The fraction of sp³-hybridized carbons (Fsp3) is 1.00. The highest BCUT2D eigenvalue weighted by atomic mass is 16.5. The molecule has 2 fully saturated rings. The van der Waals surface area contributed by atoms with Gasteiger partial charge in [0.2, 0.25) is 0 Å². The van der Waals surface area contributed by atoms with Crippen LogP contribution in [0.4, 0.5) is 0 Å². The molecule has 16 heavy (non-hydrogen) atoms. The third-order valence-electron chi connectivity index (χ3n) is 3.80. The second kappa shape index (κ2) is 5.96. The Labute approximate surface area is 98.3 Å². The van der Waals surface area contributed by atoms with E-state index in [0.29, 0.717) is 18.1 Å². The van der Waals surface area contributed by atoms with Crippen molar-refractivity contribution >= 4 is 0 Å². The van der Waals surface area contributed by atoms with Gasteiger partial charge in [0.25, 0.3) is 0 Å². The van der Waals surface area contributed by atoms with Gasteiger partial charge in [0.05, 0.1) is 12.7 Å². The van der Waals surface area contributed by atoms with Crippen molar-refractivity contribution in [1.29, 1.82) is 0 Å². The highest BCUT2D eigenvalue weighted by Crippen LogP contribution is 2.23. The molecule has 0 aromatic heterocycles. The molecule has 2 aliphatic rings. The summed E-state index contributed by atoms with van der Waals surface area (Å²) in [6.45, 7) is 4.78. The SMILES string of the molecule is CNC(C1CCOCC1)C1CN(C)CCO1. The first-order valence-electron chi connectivity index (χ1n) is 6.36. The van der Waals surface area contributed by atoms with Crippen molar-refractivity contribution in [3.05, 3.63) is 0 Å². The molecule has 2 unspecified atom stereocenters. The van der Waals surface area contributed by atoms with E-state index >= 15 is 0 Å². The van der Waals surface area contributed by atoms with Crippen LogP contribution in [0.2, 0.25) is 0 Å². The molecule has 4 heteroatoms. The molecule has 0 aliphatic carbocycles. The first-order chi connectivity index (χ1) is 7.81. The lowest BCUT2D eigenvalue weighted by Crippen LogP contribution is -2.54. The quantitative estimate of drug-likeness (QED) is 0.755. The van der Waals surface area contributed by atoms with E-state index in [1.165, 1.54) is 0 Å². The van der Waals surface area contributed by atoms with Crippen LogP contribution in [0, 0.1) is 5.92 Å². The van der Waals surface area contributed by atoms with Gasteiger partial charge < -0.3 is 19.7 Å². The van der Waals surface area contributed by atoms with Crippen LogP contribution in [0.3, 0.4) is 0 Å². The Bertz CT molecular complexity index is 207. The number of likely N-dealkylation sites (N-methyl/N-ethyl adjacent to an activating group) is 2. The van der Waals surface area contributed by atoms with Crippen LogP contribution in [-0.4, -0.2) is 64.1 Å². The highest BCUT2D eigenvalue weighted by molar-refractivity contribution is 4.87. The van der Waals surface area contributed by atoms with Gasteiger partial charge in [-0.15, -0.1) is 0 Å². The molecule has 0 aromatic carbocycles. The fourth-order valence-electron chi connectivity index (χ4n) is 2.83. The van der Waals surface area contributed by atoms with Crippen LogP contribution in [-0.2, 0) is 9.47 Å². The van der Waals surface area contributed by atoms with Crippen molar-refractivity contribution in [1.82, 2.24) is 10.2 Å². The standard InChI is InChI=1S/C12H24N2O2/c1-13-12(10-3-6-15-7-4-10)11-9-14(2)5-8-16-11/h10-13H,3-9H2,1-2H3. The molecule has 0 bridgehead atoms. The molecule has 2 saturated heterocycles. The molecule has 2 rings (SSSR count). The number of hydrogen-bond donors (Lipinski definition) is 1. The van der Waals surface area contributed by atoms with E-state index in [-0.39, 0.29) is 0 Å². The van der Waals surface area contributed by atoms with Gasteiger partial charge in [0.15, 0.2) is 0 Å². The summed E-state index contributed by atoms with van der Waals surface area (Å²) in [5.74, 6) is 0.704. The summed E-state index contributed by atoms with van der Waals surface area (Å²) in [6.07, 6.45) is 2.66. The molecule has 2 heterocycles. The molecule has 1 N–H and O–H groups in total. The van der Waals surface area contributed by atoms with Gasteiger partial charge in [-0.25, -0.2) is 0 Å². The predicted molar refractivity (Wildman–Crippen MR) is 63.6 cm³/mol. The van der Waals surface area contributed by atoms with Crippen molar-refractivity contribution in [2.24, 2.45) is 5.92 Å². The van der Waals surface area contributed by atoms with Gasteiger partial charge in [-0.3, -0.25) is 0 Å². The van der Waals surface area contributed by atoms with Crippen LogP contribution >= 0.6 is 0 Å². The van der Waals surface area contributed by atoms with Crippen LogP contribution in [0.15, 0.2) is 0 Å². The lowest BCUT2D eigenvalue weighted by molar-refractivity contribution is -0.0596. The average Bonchev–Trinajstić information content (AvgIpc) is 2.31. The summed E-state index contributed by atoms with van der Waals surface area (Å²) in [5.41, 5.74) is 0. The first kappa shape index (κ1) is 12.3. The molecule has 0 radical (unpaired) electrons. The molecule has 0 amide bonds. The Morgan fingerprint density at radius 1 is 1.25 bits per heavy atom. The second-order valence-electron chi connectivity index (χ2n) is 4.94. The summed E-state index contributed by atoms with van der Waals surface area (Å²) < 4.78 is 11.3. The van der Waals surface area contributed by atoms with Gasteiger partial charge >= 0.3 is 0 Å². The smallest absolute Gasteiger partial charge is 0.0857 e. The van der Waals surface area contributed by atoms with E-state index in [1.54, 1.807) is 0 Å². The Kier molecular flexibility index (Phi) is 4.58. The number of nitrogens with one attached hydrogen (secondary N) is 1. The minimum absolute atomic E-state index is 0.340. The Morgan fingerprint density at radius 3 is 2.62 bits per heavy atom. The Hall–Kier alpha value is -0.160. The maximum Gasteiger partial charge on any atom is 0.0857 e. The molecule has 0 saturated carbocycles. The zero-order valence-electron chi connectivity index (χ0n) is 10.4. The Balaban J connectivity index is 1.91. The van der Waals surface area contributed by atoms with Crippen LogP contribution in [0.5, 0.6) is 0 Å². The minimum Gasteiger partial charge on any atom is -0.381 e. The molecule has 2 atom stereocenters. The van der Waals surface area contributed by atoms with Crippen molar-refractivity contribution in [2.75, 3.05) is 47.0 Å². The number of ether oxygens (including phenoxy) is 2. The van der Waals surface area contributed by atoms with Crippen LogP contribution < -0.4 is 5.32 Å². The van der Waals surface area contributed by atoms with Crippen LogP contribution in [0.1, 0.15) is 12.8 Å². The van der Waals surface area contributed by atoms with Crippen molar-refractivity contribution in [3.8, 4) is 0 Å². The van der Waals surface area contributed by atoms with E-state index in [0.717, 1.165) is 45.8 Å². The van der Waals surface area contributed by atoms with E-state index in [4.69, 9.17) is 9.47 Å². The zero-order chi connectivity index (χ0) is 11.4. The molecule has 2 aliphatic heterocycles. The highest BCUT2D eigenvalue weighted by Gasteiger charge is 2.32. The number of rotatable bonds is 3. The first-order valence-corrected chi connectivity index (χ1v) is 6.36. The third-order valence-corrected chi connectivity index (χ3v) is 3.80. The predicted octanol–water partition coefficient (Wildman–Crippen LogP) is 0.332. The topological polar surface area (TPSA) is 33.7 Å². The molecule has 4 nitrogen and oxygen atoms in total. The normalized spacial score (nSPS) is 31.5. The third kappa shape index (κ3) is 2.94. The summed E-state index contributed by atoms with van der Waals surface area (Å²) in [6, 6.07) is 0.478. The van der Waals surface area contributed by atoms with Crippen molar-refractivity contribution in [2.45, 2.75) is 25.0 Å². The van der Waals surface area contributed by atoms with Gasteiger partial charge in [0, 0.05) is 32.3 Å². The summed E-state index contributed by atoms with van der Waals surface area (Å²) in [5, 5.41) is 3.45. The van der Waals surface area contributed by atoms with Crippen molar-refractivity contribution in [3.63, 3.8) is 0 Å². The van der Waals surface area contributed by atoms with Crippen molar-refractivity contribution < 1.29 is 9.47 Å². The molecule has 94 valence electrons. The fourth-order valence-corrected chi connectivity index (χ4v) is 2.83. The maximum atomic E-state index is 5.91. The van der Waals surface area contributed by atoms with E-state index < -0.39 is 0 Å². The van der Waals surface area contributed by atoms with Gasteiger partial charge in [-0.05, 0) is 32.9 Å². The molecule has 0 spiro atoms. The van der Waals surface area contributed by atoms with E-state index in [2.05, 4.69) is 24.3 Å². The maximum absolute atomic E-state index is 5.91. The molecular weight excluding hydrogens is 204 g/mol. The average molecular weight is 228 g/mol. The summed E-state index contributed by atoms with van der Waals surface area (Å²) in [7, 11) is 4.23. The summed E-state index contributed by atoms with van der Waals surface area (Å²) in [4.78, 5) is 2.36. The minimum atomic E-state index is 0.340. The van der Waals surface area contributed by atoms with Gasteiger partial charge in [-0.1, -0.05) is 0 Å². The molecule has 0 aromatic rings. The largest absolute Gasteiger partial charge is 0.381 e. The number of hydrogen-bond acceptors (Lipinski definition) is 4. The lowest BCUT2D eigenvalue weighted by Gasteiger charge is -2.39. The van der Waals surface area contributed by atoms with E-state index in [9.17, 15) is 0 Å². The second-order valence-corrected chi connectivity index (χ2v) is 4.94. The summed E-state index contributed by atoms with van der Waals surface area (Å²) >= 11 is 0. The lowest BCUT2D eigenvalue weighted by atomic mass is 9.87. The van der Waals surface area contributed by atoms with Gasteiger partial charge in [-0.2, -0.15) is 0 Å². The molecular formula is C12H24N2O2. The number of nitrogens with zero attached hydrogens (tertiary/aromatic N) is 1.